The minimum Gasteiger partial charge on any atom is -0.481 e. The standard InChI is InChI=1S/C11H14ClNO3S/c1-6-5-17-9(8(6)12)10(16)13-11(2,3)4-7(14)15/h5H,4H2,1-3H3,(H,13,16)(H,14,15). The van der Waals surface area contributed by atoms with E-state index in [1.807, 2.05) is 6.92 Å². The first-order valence-corrected chi connectivity index (χ1v) is 6.26. The number of amides is 1. The molecule has 0 fully saturated rings. The lowest BCUT2D eigenvalue weighted by molar-refractivity contribution is -0.138. The van der Waals surface area contributed by atoms with Crippen LogP contribution >= 0.6 is 22.9 Å². The van der Waals surface area contributed by atoms with Gasteiger partial charge in [-0.3, -0.25) is 9.59 Å². The number of nitrogens with one attached hydrogen (secondary N) is 1. The van der Waals surface area contributed by atoms with E-state index in [-0.39, 0.29) is 12.3 Å². The molecule has 0 aliphatic heterocycles. The van der Waals surface area contributed by atoms with Crippen LogP contribution < -0.4 is 5.32 Å². The monoisotopic (exact) mass is 275 g/mol. The van der Waals surface area contributed by atoms with E-state index in [0.29, 0.717) is 9.90 Å². The normalized spacial score (nSPS) is 11.3. The Hall–Kier alpha value is -1.07. The highest BCUT2D eigenvalue weighted by atomic mass is 35.5. The number of carbonyl (C=O) groups is 2. The molecule has 1 aromatic heterocycles. The van der Waals surface area contributed by atoms with Gasteiger partial charge in [0.2, 0.25) is 0 Å². The fourth-order valence-corrected chi connectivity index (χ4v) is 2.54. The van der Waals surface area contributed by atoms with Gasteiger partial charge in [-0.05, 0) is 31.7 Å². The van der Waals surface area contributed by atoms with Crippen LogP contribution in [0.5, 0.6) is 0 Å². The fraction of sp³-hybridized carbons (Fsp3) is 0.455. The number of halogens is 1. The van der Waals surface area contributed by atoms with Gasteiger partial charge in [-0.1, -0.05) is 11.6 Å². The van der Waals surface area contributed by atoms with Crippen molar-refractivity contribution in [1.29, 1.82) is 0 Å². The third-order valence-corrected chi connectivity index (χ3v) is 3.85. The smallest absolute Gasteiger partial charge is 0.305 e. The zero-order valence-electron chi connectivity index (χ0n) is 9.83. The van der Waals surface area contributed by atoms with Gasteiger partial charge in [0.05, 0.1) is 11.4 Å². The summed E-state index contributed by atoms with van der Waals surface area (Å²) in [6.45, 7) is 5.14. The first-order chi connectivity index (χ1) is 7.73. The molecular formula is C11H14ClNO3S. The molecule has 0 saturated carbocycles. The first kappa shape index (κ1) is 14.0. The molecule has 1 heterocycles. The molecule has 2 N–H and O–H groups in total. The molecule has 1 amide bonds. The van der Waals surface area contributed by atoms with Gasteiger partial charge in [-0.2, -0.15) is 0 Å². The largest absolute Gasteiger partial charge is 0.481 e. The average Bonchev–Trinajstić information content (AvgIpc) is 2.44. The second-order valence-corrected chi connectivity index (χ2v) is 5.73. The van der Waals surface area contributed by atoms with Crippen LogP contribution in [0.15, 0.2) is 5.38 Å². The van der Waals surface area contributed by atoms with Crippen molar-refractivity contribution in [2.24, 2.45) is 0 Å². The fourth-order valence-electron chi connectivity index (χ4n) is 1.37. The van der Waals surface area contributed by atoms with Crippen LogP contribution in [0, 0.1) is 6.92 Å². The number of rotatable bonds is 4. The van der Waals surface area contributed by atoms with Crippen molar-refractivity contribution in [3.8, 4) is 0 Å². The molecule has 4 nitrogen and oxygen atoms in total. The highest BCUT2D eigenvalue weighted by Gasteiger charge is 2.26. The third-order valence-electron chi connectivity index (χ3n) is 2.15. The summed E-state index contributed by atoms with van der Waals surface area (Å²) < 4.78 is 0. The summed E-state index contributed by atoms with van der Waals surface area (Å²) in [5, 5.41) is 13.6. The van der Waals surface area contributed by atoms with Crippen molar-refractivity contribution in [3.63, 3.8) is 0 Å². The Morgan fingerprint density at radius 2 is 2.12 bits per heavy atom. The number of thiophene rings is 1. The Bertz CT molecular complexity index is 454. The van der Waals surface area contributed by atoms with Gasteiger partial charge in [0.25, 0.3) is 5.91 Å². The summed E-state index contributed by atoms with van der Waals surface area (Å²) >= 11 is 7.22. The Balaban J connectivity index is 2.79. The minimum absolute atomic E-state index is 0.138. The van der Waals surface area contributed by atoms with Gasteiger partial charge in [0.1, 0.15) is 4.88 Å². The van der Waals surface area contributed by atoms with Crippen molar-refractivity contribution in [3.05, 3.63) is 20.8 Å². The van der Waals surface area contributed by atoms with Crippen molar-refractivity contribution < 1.29 is 14.7 Å². The molecule has 0 atom stereocenters. The van der Waals surface area contributed by atoms with Gasteiger partial charge >= 0.3 is 5.97 Å². The van der Waals surface area contributed by atoms with Crippen LogP contribution in [0.25, 0.3) is 0 Å². The van der Waals surface area contributed by atoms with Gasteiger partial charge in [-0.25, -0.2) is 0 Å². The molecule has 0 aliphatic carbocycles. The van der Waals surface area contributed by atoms with Gasteiger partial charge in [0.15, 0.2) is 0 Å². The highest BCUT2D eigenvalue weighted by Crippen LogP contribution is 2.27. The summed E-state index contributed by atoms with van der Waals surface area (Å²) in [5.41, 5.74) is 0.0438. The Morgan fingerprint density at radius 1 is 1.53 bits per heavy atom. The molecule has 0 bridgehead atoms. The molecule has 0 saturated heterocycles. The number of carboxylic acids is 1. The number of aliphatic carboxylic acids is 1. The van der Waals surface area contributed by atoms with Crippen LogP contribution in [0.4, 0.5) is 0 Å². The number of carboxylic acid groups (broad SMARTS) is 1. The zero-order valence-corrected chi connectivity index (χ0v) is 11.4. The topological polar surface area (TPSA) is 66.4 Å². The van der Waals surface area contributed by atoms with E-state index < -0.39 is 11.5 Å². The maximum Gasteiger partial charge on any atom is 0.305 e. The predicted molar refractivity (Wildman–Crippen MR) is 67.9 cm³/mol. The molecule has 17 heavy (non-hydrogen) atoms. The summed E-state index contributed by atoms with van der Waals surface area (Å²) in [5.74, 6) is -1.29. The van der Waals surface area contributed by atoms with E-state index in [9.17, 15) is 9.59 Å². The lowest BCUT2D eigenvalue weighted by Crippen LogP contribution is -2.44. The van der Waals surface area contributed by atoms with Crippen LogP contribution in [0.2, 0.25) is 5.02 Å². The molecule has 0 radical (unpaired) electrons. The highest BCUT2D eigenvalue weighted by molar-refractivity contribution is 7.13. The van der Waals surface area contributed by atoms with Crippen LogP contribution in [0.1, 0.15) is 35.5 Å². The molecule has 94 valence electrons. The van der Waals surface area contributed by atoms with Gasteiger partial charge in [-0.15, -0.1) is 11.3 Å². The Kier molecular flexibility index (Phi) is 4.16. The van der Waals surface area contributed by atoms with Gasteiger partial charge in [0, 0.05) is 5.54 Å². The van der Waals surface area contributed by atoms with Gasteiger partial charge < -0.3 is 10.4 Å². The summed E-state index contributed by atoms with van der Waals surface area (Å²) in [4.78, 5) is 22.9. The predicted octanol–water partition coefficient (Wildman–Crippen LogP) is 2.69. The van der Waals surface area contributed by atoms with Crippen molar-refractivity contribution in [1.82, 2.24) is 5.32 Å². The second-order valence-electron chi connectivity index (χ2n) is 4.47. The number of aryl methyl sites for hydroxylation is 1. The Morgan fingerprint density at radius 3 is 2.53 bits per heavy atom. The van der Waals surface area contributed by atoms with Crippen molar-refractivity contribution >= 4 is 34.8 Å². The number of hydrogen-bond acceptors (Lipinski definition) is 3. The number of hydrogen-bond donors (Lipinski definition) is 2. The van der Waals surface area contributed by atoms with E-state index in [1.54, 1.807) is 19.2 Å². The Labute approximate surface area is 109 Å². The van der Waals surface area contributed by atoms with E-state index in [1.165, 1.54) is 11.3 Å². The van der Waals surface area contributed by atoms with Crippen LogP contribution in [0.3, 0.4) is 0 Å². The summed E-state index contributed by atoms with van der Waals surface area (Å²) in [6, 6.07) is 0. The number of carbonyl (C=O) groups excluding carboxylic acids is 1. The summed E-state index contributed by atoms with van der Waals surface area (Å²) in [6.07, 6.45) is -0.138. The van der Waals surface area contributed by atoms with E-state index in [0.717, 1.165) is 5.56 Å². The first-order valence-electron chi connectivity index (χ1n) is 5.01. The molecule has 0 spiro atoms. The van der Waals surface area contributed by atoms with E-state index in [2.05, 4.69) is 5.32 Å². The lowest BCUT2D eigenvalue weighted by Gasteiger charge is -2.23. The third kappa shape index (κ3) is 3.71. The summed E-state index contributed by atoms with van der Waals surface area (Å²) in [7, 11) is 0. The molecule has 1 aromatic rings. The maximum atomic E-state index is 11.9. The van der Waals surface area contributed by atoms with Crippen molar-refractivity contribution in [2.45, 2.75) is 32.7 Å². The quantitative estimate of drug-likeness (QED) is 0.888. The van der Waals surface area contributed by atoms with Crippen LogP contribution in [-0.4, -0.2) is 22.5 Å². The van der Waals surface area contributed by atoms with E-state index >= 15 is 0 Å². The van der Waals surface area contributed by atoms with Crippen LogP contribution in [-0.2, 0) is 4.79 Å². The zero-order chi connectivity index (χ0) is 13.2. The second kappa shape index (κ2) is 5.06. The minimum atomic E-state index is -0.955. The van der Waals surface area contributed by atoms with E-state index in [4.69, 9.17) is 16.7 Å². The van der Waals surface area contributed by atoms with Crippen molar-refractivity contribution in [2.75, 3.05) is 0 Å². The molecule has 6 heteroatoms. The molecular weight excluding hydrogens is 262 g/mol. The molecule has 0 aliphatic rings. The average molecular weight is 276 g/mol. The molecule has 0 aromatic carbocycles. The molecule has 0 unspecified atom stereocenters. The maximum absolute atomic E-state index is 11.9. The molecule has 1 rings (SSSR count). The SMILES string of the molecule is Cc1csc(C(=O)NC(C)(C)CC(=O)O)c1Cl. The lowest BCUT2D eigenvalue weighted by atomic mass is 10.0.